The summed E-state index contributed by atoms with van der Waals surface area (Å²) in [6.07, 6.45) is 2.01. The fraction of sp³-hybridized carbons (Fsp3) is 0.400. The van der Waals surface area contributed by atoms with E-state index in [9.17, 15) is 0 Å². The van der Waals surface area contributed by atoms with E-state index in [0.717, 1.165) is 11.0 Å². The first-order valence-corrected chi connectivity index (χ1v) is 2.99. The normalized spacial score (nSPS) is 19.1. The first-order valence-electron chi connectivity index (χ1n) is 2.20. The van der Waals surface area contributed by atoms with Gasteiger partial charge < -0.3 is 0 Å². The Bertz CT molecular complexity index is 135. The predicted molar refractivity (Wildman–Crippen MR) is 35.0 cm³/mol. The molecule has 1 nitrogen and oxygen atoms in total. The molecule has 1 aliphatic rings. The van der Waals surface area contributed by atoms with E-state index in [1.807, 2.05) is 13.0 Å². The molecule has 0 atom stereocenters. The van der Waals surface area contributed by atoms with Crippen molar-refractivity contribution in [3.05, 3.63) is 10.6 Å². The lowest BCUT2D eigenvalue weighted by Gasteiger charge is -1.77. The fourth-order valence-electron chi connectivity index (χ4n) is 0.357. The Morgan fingerprint density at radius 1 is 2.00 bits per heavy atom. The third-order valence-corrected chi connectivity index (χ3v) is 1.76. The van der Waals surface area contributed by atoms with Crippen LogP contribution in [0, 0.1) is 0 Å². The van der Waals surface area contributed by atoms with Gasteiger partial charge in [-0.15, -0.1) is 0 Å². The average molecular weight is 160 g/mol. The van der Waals surface area contributed by atoms with Crippen LogP contribution in [0.2, 0.25) is 0 Å². The van der Waals surface area contributed by atoms with Crippen LogP contribution in [0.25, 0.3) is 0 Å². The maximum Gasteiger partial charge on any atom is 0.0823 e. The Labute approximate surface area is 51.3 Å². The van der Waals surface area contributed by atoms with Crippen LogP contribution < -0.4 is 0 Å². The Hall–Kier alpha value is -0.110. The molecule has 0 fully saturated rings. The minimum absolute atomic E-state index is 0.935. The summed E-state index contributed by atoms with van der Waals surface area (Å²) in [6, 6.07) is 0. The van der Waals surface area contributed by atoms with Gasteiger partial charge >= 0.3 is 0 Å². The van der Waals surface area contributed by atoms with Crippen molar-refractivity contribution in [2.24, 2.45) is 4.99 Å². The molecule has 0 spiro atoms. The molecule has 0 bridgehead atoms. The predicted octanol–water partition coefficient (Wildman–Crippen LogP) is 1.74. The fourth-order valence-corrected chi connectivity index (χ4v) is 0.608. The van der Waals surface area contributed by atoms with Gasteiger partial charge in [0.15, 0.2) is 0 Å². The van der Waals surface area contributed by atoms with Crippen LogP contribution in [0.1, 0.15) is 6.92 Å². The minimum Gasteiger partial charge on any atom is -0.280 e. The number of hydrogen-bond acceptors (Lipinski definition) is 1. The van der Waals surface area contributed by atoms with Crippen LogP contribution in [-0.2, 0) is 0 Å². The standard InChI is InChI=1S/C5H6BrN/c1-2-4(6)5-3-7-5/h2H,3H2,1H3/b4-2+. The van der Waals surface area contributed by atoms with Crippen molar-refractivity contribution in [2.75, 3.05) is 6.54 Å². The summed E-state index contributed by atoms with van der Waals surface area (Å²) in [6.45, 7) is 2.93. The number of rotatable bonds is 1. The van der Waals surface area contributed by atoms with E-state index in [4.69, 9.17) is 0 Å². The molecule has 0 radical (unpaired) electrons. The van der Waals surface area contributed by atoms with Crippen molar-refractivity contribution >= 4 is 21.6 Å². The van der Waals surface area contributed by atoms with Gasteiger partial charge in [-0.05, 0) is 22.9 Å². The van der Waals surface area contributed by atoms with Gasteiger partial charge in [-0.1, -0.05) is 6.08 Å². The van der Waals surface area contributed by atoms with Crippen LogP contribution in [0.15, 0.2) is 15.6 Å². The van der Waals surface area contributed by atoms with Gasteiger partial charge in [0.25, 0.3) is 0 Å². The lowest BCUT2D eigenvalue weighted by Crippen LogP contribution is -1.77. The van der Waals surface area contributed by atoms with Crippen LogP contribution in [0.3, 0.4) is 0 Å². The zero-order valence-corrected chi connectivity index (χ0v) is 5.70. The molecule has 0 unspecified atom stereocenters. The number of aliphatic imine (C=N–C) groups is 1. The molecule has 0 aromatic heterocycles. The van der Waals surface area contributed by atoms with Crippen LogP contribution in [0.5, 0.6) is 0 Å². The molecule has 0 N–H and O–H groups in total. The molecule has 38 valence electrons. The van der Waals surface area contributed by atoms with Crippen molar-refractivity contribution in [1.82, 2.24) is 0 Å². The molecule has 0 amide bonds. The zero-order valence-electron chi connectivity index (χ0n) is 4.11. The van der Waals surface area contributed by atoms with E-state index in [-0.39, 0.29) is 0 Å². The number of halogens is 1. The number of hydrogen-bond donors (Lipinski definition) is 0. The highest BCUT2D eigenvalue weighted by molar-refractivity contribution is 9.12. The molecule has 0 aromatic carbocycles. The Kier molecular flexibility index (Phi) is 1.28. The average Bonchev–Trinajstić information content (AvgIpc) is 2.44. The van der Waals surface area contributed by atoms with E-state index in [1.165, 1.54) is 5.71 Å². The summed E-state index contributed by atoms with van der Waals surface area (Å²) in [4.78, 5) is 3.97. The van der Waals surface area contributed by atoms with Gasteiger partial charge in [0, 0.05) is 4.48 Å². The summed E-state index contributed by atoms with van der Waals surface area (Å²) in [7, 11) is 0. The molecular formula is C5H6BrN. The Balaban J connectivity index is 2.54. The summed E-state index contributed by atoms with van der Waals surface area (Å²) in [5.74, 6) is 0. The highest BCUT2D eigenvalue weighted by Gasteiger charge is 2.10. The van der Waals surface area contributed by atoms with Gasteiger partial charge in [0.2, 0.25) is 0 Å². The second-order valence-corrected chi connectivity index (χ2v) is 2.25. The maximum absolute atomic E-state index is 3.97. The third-order valence-electron chi connectivity index (χ3n) is 0.845. The van der Waals surface area contributed by atoms with Gasteiger partial charge in [0.05, 0.1) is 12.3 Å². The van der Waals surface area contributed by atoms with Gasteiger partial charge in [-0.25, -0.2) is 0 Å². The van der Waals surface area contributed by atoms with E-state index in [0.29, 0.717) is 0 Å². The molecule has 2 heteroatoms. The number of nitrogens with zero attached hydrogens (tertiary/aromatic N) is 1. The van der Waals surface area contributed by atoms with Crippen molar-refractivity contribution in [2.45, 2.75) is 6.92 Å². The minimum atomic E-state index is 0.935. The van der Waals surface area contributed by atoms with Gasteiger partial charge in [-0.2, -0.15) is 0 Å². The first kappa shape index (κ1) is 5.04. The van der Waals surface area contributed by atoms with Gasteiger partial charge in [0.1, 0.15) is 0 Å². The molecule has 0 saturated carbocycles. The van der Waals surface area contributed by atoms with Crippen LogP contribution in [-0.4, -0.2) is 12.3 Å². The largest absolute Gasteiger partial charge is 0.280 e. The summed E-state index contributed by atoms with van der Waals surface area (Å²) >= 11 is 3.33. The first-order chi connectivity index (χ1) is 3.34. The van der Waals surface area contributed by atoms with Crippen molar-refractivity contribution in [3.8, 4) is 0 Å². The van der Waals surface area contributed by atoms with Crippen molar-refractivity contribution in [3.63, 3.8) is 0 Å². The monoisotopic (exact) mass is 159 g/mol. The van der Waals surface area contributed by atoms with E-state index >= 15 is 0 Å². The lowest BCUT2D eigenvalue weighted by molar-refractivity contribution is 1.57. The summed E-state index contributed by atoms with van der Waals surface area (Å²) < 4.78 is 1.15. The summed E-state index contributed by atoms with van der Waals surface area (Å²) in [5.41, 5.74) is 1.20. The second kappa shape index (κ2) is 1.78. The molecule has 0 aliphatic carbocycles. The Morgan fingerprint density at radius 3 is 2.71 bits per heavy atom. The molecule has 1 aliphatic heterocycles. The molecule has 0 saturated heterocycles. The van der Waals surface area contributed by atoms with Crippen molar-refractivity contribution < 1.29 is 0 Å². The molecule has 0 aromatic rings. The van der Waals surface area contributed by atoms with Gasteiger partial charge in [-0.3, -0.25) is 4.99 Å². The van der Waals surface area contributed by atoms with E-state index in [1.54, 1.807) is 0 Å². The lowest BCUT2D eigenvalue weighted by atomic mass is 10.4. The highest BCUT2D eigenvalue weighted by atomic mass is 79.9. The molecular weight excluding hydrogens is 154 g/mol. The smallest absolute Gasteiger partial charge is 0.0823 e. The maximum atomic E-state index is 3.97. The summed E-state index contributed by atoms with van der Waals surface area (Å²) in [5, 5.41) is 0. The van der Waals surface area contributed by atoms with Crippen LogP contribution in [0.4, 0.5) is 0 Å². The van der Waals surface area contributed by atoms with Crippen LogP contribution >= 0.6 is 15.9 Å². The van der Waals surface area contributed by atoms with Crippen molar-refractivity contribution in [1.29, 1.82) is 0 Å². The Morgan fingerprint density at radius 2 is 2.57 bits per heavy atom. The highest BCUT2D eigenvalue weighted by Crippen LogP contribution is 2.14. The SMILES string of the molecule is C/C=C(/Br)C1=NC1. The third kappa shape index (κ3) is 1.13. The van der Waals surface area contributed by atoms with E-state index in [2.05, 4.69) is 20.9 Å². The molecule has 1 heterocycles. The topological polar surface area (TPSA) is 12.4 Å². The molecule has 7 heavy (non-hydrogen) atoms. The zero-order chi connectivity index (χ0) is 5.28. The quantitative estimate of drug-likeness (QED) is 0.553. The number of allylic oxidation sites excluding steroid dienone is 1. The second-order valence-electron chi connectivity index (χ2n) is 1.40. The van der Waals surface area contributed by atoms with E-state index < -0.39 is 0 Å². The molecule has 1 rings (SSSR count).